The van der Waals surface area contributed by atoms with Crippen molar-refractivity contribution in [2.24, 2.45) is 0 Å². The largest absolute Gasteiger partial charge is 0.490 e. The number of para-hydroxylation sites is 1. The van der Waals surface area contributed by atoms with Crippen LogP contribution in [0.1, 0.15) is 15.9 Å². The van der Waals surface area contributed by atoms with Gasteiger partial charge in [0.15, 0.2) is 0 Å². The topological polar surface area (TPSA) is 86.2 Å². The Bertz CT molecular complexity index is 1170. The molecule has 1 N–H and O–H groups in total. The summed E-state index contributed by atoms with van der Waals surface area (Å²) in [6.45, 7) is 0.973. The summed E-state index contributed by atoms with van der Waals surface area (Å²) < 4.78 is 24.9. The van der Waals surface area contributed by atoms with E-state index >= 15 is 0 Å². The van der Waals surface area contributed by atoms with E-state index in [9.17, 15) is 9.18 Å². The van der Waals surface area contributed by atoms with Gasteiger partial charge in [-0.1, -0.05) is 24.3 Å². The van der Waals surface area contributed by atoms with Gasteiger partial charge < -0.3 is 14.8 Å². The van der Waals surface area contributed by atoms with Gasteiger partial charge in [0, 0.05) is 37.3 Å². The molecule has 4 rings (SSSR count). The summed E-state index contributed by atoms with van der Waals surface area (Å²) in [5, 5.41) is 2.75. The van der Waals surface area contributed by atoms with Crippen LogP contribution in [0.25, 0.3) is 11.0 Å². The summed E-state index contributed by atoms with van der Waals surface area (Å²) in [6, 6.07) is 15.4. The van der Waals surface area contributed by atoms with Gasteiger partial charge in [-0.25, -0.2) is 9.37 Å². The molecule has 0 fully saturated rings. The van der Waals surface area contributed by atoms with E-state index in [1.807, 2.05) is 30.3 Å². The number of carbonyl (C=O) groups is 1. The molecule has 2 aromatic heterocycles. The molecular weight excluding hydrogens is 399 g/mol. The Morgan fingerprint density at radius 2 is 1.74 bits per heavy atom. The summed E-state index contributed by atoms with van der Waals surface area (Å²) in [5.41, 5.74) is 1.58. The highest BCUT2D eigenvalue weighted by Crippen LogP contribution is 2.17. The molecule has 0 atom stereocenters. The van der Waals surface area contributed by atoms with Crippen LogP contribution in [-0.4, -0.2) is 34.1 Å². The fourth-order valence-corrected chi connectivity index (χ4v) is 2.91. The maximum atomic E-state index is 13.8. The number of hydrogen-bond donors (Lipinski definition) is 1. The molecule has 1 amide bonds. The van der Waals surface area contributed by atoms with E-state index in [4.69, 9.17) is 9.47 Å². The first-order valence-electron chi connectivity index (χ1n) is 9.63. The molecule has 8 heteroatoms. The Morgan fingerprint density at radius 3 is 2.55 bits per heavy atom. The molecule has 2 heterocycles. The summed E-state index contributed by atoms with van der Waals surface area (Å²) >= 11 is 0. The highest BCUT2D eigenvalue weighted by molar-refractivity contribution is 6.04. The summed E-state index contributed by atoms with van der Waals surface area (Å²) in [5.74, 6) is 0.251. The second kappa shape index (κ2) is 9.62. The molecule has 0 spiro atoms. The maximum absolute atomic E-state index is 13.8. The number of benzene rings is 2. The normalized spacial score (nSPS) is 10.6. The van der Waals surface area contributed by atoms with Gasteiger partial charge in [0.2, 0.25) is 5.88 Å². The number of hydrogen-bond acceptors (Lipinski definition) is 6. The lowest BCUT2D eigenvalue weighted by molar-refractivity contribution is 0.0952. The van der Waals surface area contributed by atoms with Crippen molar-refractivity contribution in [3.63, 3.8) is 0 Å². The van der Waals surface area contributed by atoms with E-state index in [2.05, 4.69) is 20.3 Å². The van der Waals surface area contributed by atoms with Gasteiger partial charge in [-0.05, 0) is 23.8 Å². The SMILES string of the molecule is O=C(NCc1ccc(OCCOc2ccccc2)nc1)c1cc(F)cc2nccnc12. The van der Waals surface area contributed by atoms with E-state index in [1.54, 1.807) is 18.3 Å². The van der Waals surface area contributed by atoms with Crippen molar-refractivity contribution in [2.75, 3.05) is 13.2 Å². The average molecular weight is 418 g/mol. The number of ether oxygens (including phenoxy) is 2. The lowest BCUT2D eigenvalue weighted by Crippen LogP contribution is -2.23. The number of amides is 1. The Kier molecular flexibility index (Phi) is 6.27. The Balaban J connectivity index is 1.29. The van der Waals surface area contributed by atoms with E-state index in [0.717, 1.165) is 17.4 Å². The molecule has 0 aliphatic rings. The number of pyridine rings is 1. The van der Waals surface area contributed by atoms with Crippen molar-refractivity contribution in [3.8, 4) is 11.6 Å². The number of aromatic nitrogens is 3. The first-order chi connectivity index (χ1) is 15.2. The van der Waals surface area contributed by atoms with Crippen LogP contribution in [0.2, 0.25) is 0 Å². The van der Waals surface area contributed by atoms with Gasteiger partial charge >= 0.3 is 0 Å². The van der Waals surface area contributed by atoms with Crippen LogP contribution in [0.3, 0.4) is 0 Å². The number of halogens is 1. The van der Waals surface area contributed by atoms with E-state index in [1.165, 1.54) is 18.5 Å². The van der Waals surface area contributed by atoms with Crippen LogP contribution >= 0.6 is 0 Å². The second-order valence-electron chi connectivity index (χ2n) is 6.57. The lowest BCUT2D eigenvalue weighted by atomic mass is 10.1. The third-order valence-corrected chi connectivity index (χ3v) is 4.38. The molecule has 156 valence electrons. The fourth-order valence-electron chi connectivity index (χ4n) is 2.91. The van der Waals surface area contributed by atoms with E-state index < -0.39 is 11.7 Å². The quantitative estimate of drug-likeness (QED) is 0.441. The molecular formula is C23H19FN4O3. The van der Waals surface area contributed by atoms with Crippen molar-refractivity contribution >= 4 is 16.9 Å². The molecule has 4 aromatic rings. The zero-order chi connectivity index (χ0) is 21.5. The van der Waals surface area contributed by atoms with Crippen LogP contribution in [0.15, 0.2) is 73.2 Å². The lowest BCUT2D eigenvalue weighted by Gasteiger charge is -2.09. The van der Waals surface area contributed by atoms with Gasteiger partial charge in [0.05, 0.1) is 11.1 Å². The first kappa shape index (κ1) is 20.2. The van der Waals surface area contributed by atoms with Gasteiger partial charge in [0.25, 0.3) is 5.91 Å². The highest BCUT2D eigenvalue weighted by Gasteiger charge is 2.14. The molecule has 7 nitrogen and oxygen atoms in total. The maximum Gasteiger partial charge on any atom is 0.253 e. The standard InChI is InChI=1S/C23H19FN4O3/c24-17-12-19(22-20(13-17)25-8-9-26-22)23(29)28-15-16-6-7-21(27-14-16)31-11-10-30-18-4-2-1-3-5-18/h1-9,12-14H,10-11,15H2,(H,28,29). The van der Waals surface area contributed by atoms with Crippen LogP contribution in [0.5, 0.6) is 11.6 Å². The molecule has 31 heavy (non-hydrogen) atoms. The molecule has 2 aromatic carbocycles. The number of nitrogens with one attached hydrogen (secondary N) is 1. The van der Waals surface area contributed by atoms with E-state index in [0.29, 0.717) is 30.1 Å². The number of rotatable bonds is 8. The fraction of sp³-hybridized carbons (Fsp3) is 0.130. The number of nitrogens with zero attached hydrogens (tertiary/aromatic N) is 3. The molecule has 0 aliphatic carbocycles. The zero-order valence-electron chi connectivity index (χ0n) is 16.5. The molecule has 0 saturated carbocycles. The summed E-state index contributed by atoms with van der Waals surface area (Å²) in [4.78, 5) is 24.9. The predicted octanol–water partition coefficient (Wildman–Crippen LogP) is 3.55. The minimum atomic E-state index is -0.544. The summed E-state index contributed by atoms with van der Waals surface area (Å²) in [7, 11) is 0. The van der Waals surface area contributed by atoms with Gasteiger partial charge in [-0.15, -0.1) is 0 Å². The Labute approximate surface area is 177 Å². The highest BCUT2D eigenvalue weighted by atomic mass is 19.1. The van der Waals surface area contributed by atoms with Gasteiger partial charge in [0.1, 0.15) is 30.3 Å². The van der Waals surface area contributed by atoms with Crippen molar-refractivity contribution < 1.29 is 18.7 Å². The molecule has 0 aliphatic heterocycles. The summed E-state index contributed by atoms with van der Waals surface area (Å²) in [6.07, 6.45) is 4.52. The van der Waals surface area contributed by atoms with Crippen LogP contribution < -0.4 is 14.8 Å². The van der Waals surface area contributed by atoms with Crippen molar-refractivity contribution in [2.45, 2.75) is 6.54 Å². The minimum absolute atomic E-state index is 0.134. The predicted molar refractivity (Wildman–Crippen MR) is 112 cm³/mol. The van der Waals surface area contributed by atoms with Crippen molar-refractivity contribution in [3.05, 3.63) is 90.1 Å². The van der Waals surface area contributed by atoms with Crippen molar-refractivity contribution in [1.82, 2.24) is 20.3 Å². The number of carbonyl (C=O) groups excluding carboxylic acids is 1. The monoisotopic (exact) mass is 418 g/mol. The van der Waals surface area contributed by atoms with Crippen molar-refractivity contribution in [1.29, 1.82) is 0 Å². The third-order valence-electron chi connectivity index (χ3n) is 4.38. The van der Waals surface area contributed by atoms with Crippen LogP contribution in [-0.2, 0) is 6.54 Å². The molecule has 0 bridgehead atoms. The van der Waals surface area contributed by atoms with E-state index in [-0.39, 0.29) is 12.1 Å². The second-order valence-corrected chi connectivity index (χ2v) is 6.57. The first-order valence-corrected chi connectivity index (χ1v) is 9.63. The van der Waals surface area contributed by atoms with Crippen LogP contribution in [0.4, 0.5) is 4.39 Å². The minimum Gasteiger partial charge on any atom is -0.490 e. The number of fused-ring (bicyclic) bond motifs is 1. The smallest absolute Gasteiger partial charge is 0.253 e. The van der Waals surface area contributed by atoms with Crippen LogP contribution in [0, 0.1) is 5.82 Å². The Morgan fingerprint density at radius 1 is 0.935 bits per heavy atom. The molecule has 0 radical (unpaired) electrons. The molecule has 0 unspecified atom stereocenters. The Hall–Kier alpha value is -4.07. The van der Waals surface area contributed by atoms with Gasteiger partial charge in [-0.3, -0.25) is 14.8 Å². The molecule has 0 saturated heterocycles. The third kappa shape index (κ3) is 5.30. The zero-order valence-corrected chi connectivity index (χ0v) is 16.5. The average Bonchev–Trinajstić information content (AvgIpc) is 2.81. The van der Waals surface area contributed by atoms with Gasteiger partial charge in [-0.2, -0.15) is 0 Å².